The highest BCUT2D eigenvalue weighted by Gasteiger charge is 2.26. The molecule has 1 aliphatic rings. The molecule has 1 N–H and O–H groups in total. The highest BCUT2D eigenvalue weighted by atomic mass is 16.5. The van der Waals surface area contributed by atoms with Gasteiger partial charge < -0.3 is 19.6 Å². The van der Waals surface area contributed by atoms with E-state index in [1.54, 1.807) is 19.2 Å². The van der Waals surface area contributed by atoms with E-state index in [-0.39, 0.29) is 5.69 Å². The Hall–Kier alpha value is -2.61. The van der Waals surface area contributed by atoms with Crippen molar-refractivity contribution >= 4 is 11.8 Å². The average Bonchev–Trinajstić information content (AvgIpc) is 3.07. The first-order valence-electron chi connectivity index (χ1n) is 7.95. The summed E-state index contributed by atoms with van der Waals surface area (Å²) in [7, 11) is 1.56. The minimum atomic E-state index is -1.08. The first-order valence-corrected chi connectivity index (χ1v) is 7.95. The largest absolute Gasteiger partial charge is 0.494 e. The molecule has 0 saturated carbocycles. The fourth-order valence-electron chi connectivity index (χ4n) is 2.83. The van der Waals surface area contributed by atoms with Crippen LogP contribution >= 0.6 is 0 Å². The normalized spacial score (nSPS) is 15.5. The summed E-state index contributed by atoms with van der Waals surface area (Å²) in [5, 5.41) is 18.1. The lowest BCUT2D eigenvalue weighted by Crippen LogP contribution is -2.46. The van der Waals surface area contributed by atoms with Crippen LogP contribution in [0.5, 0.6) is 5.75 Å². The van der Waals surface area contributed by atoms with Gasteiger partial charge in [0.1, 0.15) is 11.4 Å². The second kappa shape index (κ2) is 6.88. The third-order valence-corrected chi connectivity index (χ3v) is 4.22. The van der Waals surface area contributed by atoms with Crippen LogP contribution < -0.4 is 9.64 Å². The molecule has 128 valence electrons. The Morgan fingerprint density at radius 3 is 2.54 bits per heavy atom. The van der Waals surface area contributed by atoms with E-state index in [4.69, 9.17) is 4.74 Å². The van der Waals surface area contributed by atoms with Gasteiger partial charge >= 0.3 is 5.97 Å². The summed E-state index contributed by atoms with van der Waals surface area (Å²) < 4.78 is 5.31. The molecule has 0 radical (unpaired) electrons. The molecule has 8 heteroatoms. The maximum Gasteiger partial charge on any atom is 0.360 e. The number of methoxy groups -OCH3 is 1. The zero-order chi connectivity index (χ0) is 17.1. The number of anilines is 1. The maximum absolute atomic E-state index is 11.6. The molecule has 3 rings (SSSR count). The number of aromatic carboxylic acids is 1. The van der Waals surface area contributed by atoms with Crippen LogP contribution in [-0.2, 0) is 0 Å². The van der Waals surface area contributed by atoms with Gasteiger partial charge in [0, 0.05) is 26.2 Å². The van der Waals surface area contributed by atoms with E-state index < -0.39 is 5.97 Å². The number of carboxylic acid groups (broad SMARTS) is 1. The number of piperazine rings is 1. The van der Waals surface area contributed by atoms with Gasteiger partial charge in [-0.2, -0.15) is 0 Å². The molecule has 8 nitrogen and oxygen atoms in total. The highest BCUT2D eigenvalue weighted by Crippen LogP contribution is 2.24. The van der Waals surface area contributed by atoms with Crippen LogP contribution in [0.1, 0.15) is 17.4 Å². The summed E-state index contributed by atoms with van der Waals surface area (Å²) >= 11 is 0. The molecule has 1 saturated heterocycles. The number of rotatable bonds is 5. The van der Waals surface area contributed by atoms with Crippen molar-refractivity contribution in [2.24, 2.45) is 0 Å². The van der Waals surface area contributed by atoms with E-state index >= 15 is 0 Å². The van der Waals surface area contributed by atoms with Crippen molar-refractivity contribution < 1.29 is 14.6 Å². The molecule has 0 aliphatic carbocycles. The summed E-state index contributed by atoms with van der Waals surface area (Å²) in [6, 6.07) is 7.26. The molecule has 1 aromatic heterocycles. The summed E-state index contributed by atoms with van der Waals surface area (Å²) in [4.78, 5) is 17.2. The Bertz CT molecular complexity index is 722. The quantitative estimate of drug-likeness (QED) is 0.879. The molecule has 2 heterocycles. The van der Waals surface area contributed by atoms with E-state index in [2.05, 4.69) is 22.0 Å². The lowest BCUT2D eigenvalue weighted by molar-refractivity contribution is 0.0690. The van der Waals surface area contributed by atoms with Gasteiger partial charge in [-0.1, -0.05) is 19.1 Å². The smallest absolute Gasteiger partial charge is 0.360 e. The number of carbonyl (C=O) groups is 1. The van der Waals surface area contributed by atoms with Crippen LogP contribution in [0.15, 0.2) is 24.3 Å². The second-order valence-corrected chi connectivity index (χ2v) is 5.56. The molecular weight excluding hydrogens is 310 g/mol. The van der Waals surface area contributed by atoms with Crippen LogP contribution in [0.3, 0.4) is 0 Å². The molecule has 0 bridgehead atoms. The molecule has 0 spiro atoms. The van der Waals surface area contributed by atoms with Gasteiger partial charge in [-0.15, -0.1) is 15.0 Å². The number of benzene rings is 1. The molecule has 1 aromatic carbocycles. The van der Waals surface area contributed by atoms with Crippen molar-refractivity contribution in [3.8, 4) is 11.4 Å². The van der Waals surface area contributed by atoms with Gasteiger partial charge in [0.05, 0.1) is 7.11 Å². The molecule has 0 atom stereocenters. The van der Waals surface area contributed by atoms with E-state index in [0.717, 1.165) is 32.7 Å². The third-order valence-electron chi connectivity index (χ3n) is 4.22. The Morgan fingerprint density at radius 1 is 1.21 bits per heavy atom. The SMILES string of the molecule is CCN1CCN(c2nn(-c3ccccc3OC)nc2C(=O)O)CC1. The molecule has 1 fully saturated rings. The highest BCUT2D eigenvalue weighted by molar-refractivity contribution is 5.91. The minimum absolute atomic E-state index is 0.0362. The molecule has 2 aromatic rings. The summed E-state index contributed by atoms with van der Waals surface area (Å²) in [5.74, 6) is -0.0833. The van der Waals surface area contributed by atoms with Gasteiger partial charge in [0.2, 0.25) is 5.69 Å². The number of nitrogens with zero attached hydrogens (tertiary/aromatic N) is 5. The topological polar surface area (TPSA) is 83.7 Å². The monoisotopic (exact) mass is 331 g/mol. The lowest BCUT2D eigenvalue weighted by atomic mass is 10.3. The Kier molecular flexibility index (Phi) is 4.66. The van der Waals surface area contributed by atoms with E-state index in [1.165, 1.54) is 4.80 Å². The van der Waals surface area contributed by atoms with Gasteiger partial charge in [-0.05, 0) is 18.7 Å². The standard InChI is InChI=1S/C16H21N5O3/c1-3-19-8-10-20(11-9-19)15-14(16(22)23)17-21(18-15)12-6-4-5-7-13(12)24-2/h4-7H,3,8-11H2,1-2H3,(H,22,23). The number of hydrogen-bond donors (Lipinski definition) is 1. The number of carboxylic acids is 1. The second-order valence-electron chi connectivity index (χ2n) is 5.56. The van der Waals surface area contributed by atoms with Crippen molar-refractivity contribution in [2.75, 3.05) is 44.7 Å². The van der Waals surface area contributed by atoms with Crippen molar-refractivity contribution in [3.63, 3.8) is 0 Å². The first kappa shape index (κ1) is 16.3. The maximum atomic E-state index is 11.6. The van der Waals surface area contributed by atoms with Crippen LogP contribution in [0.2, 0.25) is 0 Å². The van der Waals surface area contributed by atoms with Crippen LogP contribution in [0.4, 0.5) is 5.82 Å². The fourth-order valence-corrected chi connectivity index (χ4v) is 2.83. The minimum Gasteiger partial charge on any atom is -0.494 e. The number of likely N-dealkylation sites (N-methyl/N-ethyl adjacent to an activating group) is 1. The Morgan fingerprint density at radius 2 is 1.92 bits per heavy atom. The number of ether oxygens (including phenoxy) is 1. The van der Waals surface area contributed by atoms with Crippen molar-refractivity contribution in [3.05, 3.63) is 30.0 Å². The molecular formula is C16H21N5O3. The predicted molar refractivity (Wildman–Crippen MR) is 89.2 cm³/mol. The average molecular weight is 331 g/mol. The molecule has 0 unspecified atom stereocenters. The lowest BCUT2D eigenvalue weighted by Gasteiger charge is -2.34. The number of hydrogen-bond acceptors (Lipinski definition) is 6. The van der Waals surface area contributed by atoms with Crippen LogP contribution in [0.25, 0.3) is 5.69 Å². The molecule has 1 aliphatic heterocycles. The van der Waals surface area contributed by atoms with Gasteiger partial charge in [0.25, 0.3) is 0 Å². The van der Waals surface area contributed by atoms with Crippen molar-refractivity contribution in [2.45, 2.75) is 6.92 Å². The Balaban J connectivity index is 1.95. The van der Waals surface area contributed by atoms with Gasteiger partial charge in [0.15, 0.2) is 5.82 Å². The van der Waals surface area contributed by atoms with E-state index in [1.807, 2.05) is 17.0 Å². The third kappa shape index (κ3) is 3.05. The van der Waals surface area contributed by atoms with Crippen LogP contribution in [-0.4, -0.2) is 70.8 Å². The molecule has 24 heavy (non-hydrogen) atoms. The first-order chi connectivity index (χ1) is 11.6. The van der Waals surface area contributed by atoms with Crippen LogP contribution in [0, 0.1) is 0 Å². The summed E-state index contributed by atoms with van der Waals surface area (Å²) in [5.41, 5.74) is 0.576. The van der Waals surface area contributed by atoms with Gasteiger partial charge in [-0.25, -0.2) is 4.79 Å². The predicted octanol–water partition coefficient (Wildman–Crippen LogP) is 1.12. The fraction of sp³-hybridized carbons (Fsp3) is 0.438. The van der Waals surface area contributed by atoms with E-state index in [0.29, 0.717) is 17.3 Å². The van der Waals surface area contributed by atoms with Crippen molar-refractivity contribution in [1.82, 2.24) is 19.9 Å². The van der Waals surface area contributed by atoms with Crippen molar-refractivity contribution in [1.29, 1.82) is 0 Å². The number of para-hydroxylation sites is 2. The van der Waals surface area contributed by atoms with E-state index in [9.17, 15) is 9.90 Å². The van der Waals surface area contributed by atoms with Gasteiger partial charge in [-0.3, -0.25) is 0 Å². The molecule has 0 amide bonds. The summed E-state index contributed by atoms with van der Waals surface area (Å²) in [6.07, 6.45) is 0. The zero-order valence-corrected chi connectivity index (χ0v) is 13.8. The number of aromatic nitrogens is 3. The summed E-state index contributed by atoms with van der Waals surface area (Å²) in [6.45, 7) is 6.36. The zero-order valence-electron chi connectivity index (χ0n) is 13.8. The Labute approximate surface area is 140 Å².